The van der Waals surface area contributed by atoms with Crippen LogP contribution in [0.25, 0.3) is 0 Å². The summed E-state index contributed by atoms with van der Waals surface area (Å²) in [6.45, 7) is 8.35. The molecule has 20 heavy (non-hydrogen) atoms. The topological polar surface area (TPSA) is 78.4 Å². The minimum absolute atomic E-state index is 0.00310. The van der Waals surface area contributed by atoms with Crippen molar-refractivity contribution < 1.29 is 14.7 Å². The standard InChI is InChI=1S/C15H28N2O3/c1-9(2)13(14(18)19)8-16-15(20)17-12-6-5-10(3)11(4)7-12/h9-13H,5-8H2,1-4H3,(H,18,19)(H2,16,17,20). The number of carboxylic acid groups (broad SMARTS) is 1. The van der Waals surface area contributed by atoms with E-state index in [0.717, 1.165) is 19.3 Å². The third-order valence-corrected chi connectivity index (χ3v) is 4.54. The summed E-state index contributed by atoms with van der Waals surface area (Å²) in [5.41, 5.74) is 0. The van der Waals surface area contributed by atoms with Gasteiger partial charge in [-0.15, -0.1) is 0 Å². The fourth-order valence-corrected chi connectivity index (χ4v) is 2.73. The van der Waals surface area contributed by atoms with Crippen LogP contribution in [0.15, 0.2) is 0 Å². The molecule has 1 aliphatic rings. The SMILES string of the molecule is CC(C)C(CNC(=O)NC1CCC(C)C(C)C1)C(=O)O. The van der Waals surface area contributed by atoms with E-state index in [4.69, 9.17) is 5.11 Å². The molecule has 4 unspecified atom stereocenters. The molecule has 116 valence electrons. The zero-order valence-corrected chi connectivity index (χ0v) is 13.0. The molecule has 0 aromatic carbocycles. The molecule has 5 nitrogen and oxygen atoms in total. The summed E-state index contributed by atoms with van der Waals surface area (Å²) in [7, 11) is 0. The lowest BCUT2D eigenvalue weighted by atomic mass is 9.79. The molecule has 0 aromatic heterocycles. The Hall–Kier alpha value is -1.26. The number of amides is 2. The van der Waals surface area contributed by atoms with Crippen LogP contribution in [0.1, 0.15) is 47.0 Å². The average molecular weight is 284 g/mol. The van der Waals surface area contributed by atoms with E-state index in [-0.39, 0.29) is 24.5 Å². The molecule has 1 fully saturated rings. The van der Waals surface area contributed by atoms with Gasteiger partial charge in [0.05, 0.1) is 5.92 Å². The highest BCUT2D eigenvalue weighted by molar-refractivity contribution is 5.76. The van der Waals surface area contributed by atoms with Crippen molar-refractivity contribution in [3.63, 3.8) is 0 Å². The van der Waals surface area contributed by atoms with E-state index >= 15 is 0 Å². The summed E-state index contributed by atoms with van der Waals surface area (Å²) < 4.78 is 0. The molecule has 3 N–H and O–H groups in total. The molecule has 2 amide bonds. The summed E-state index contributed by atoms with van der Waals surface area (Å²) in [5, 5.41) is 14.7. The zero-order valence-electron chi connectivity index (χ0n) is 13.0. The van der Waals surface area contributed by atoms with Gasteiger partial charge in [0.15, 0.2) is 0 Å². The van der Waals surface area contributed by atoms with E-state index in [1.165, 1.54) is 0 Å². The highest BCUT2D eigenvalue weighted by Crippen LogP contribution is 2.29. The molecule has 0 bridgehead atoms. The Morgan fingerprint density at radius 2 is 1.85 bits per heavy atom. The van der Waals surface area contributed by atoms with Gasteiger partial charge in [-0.05, 0) is 37.0 Å². The smallest absolute Gasteiger partial charge is 0.315 e. The zero-order chi connectivity index (χ0) is 15.3. The first kappa shape index (κ1) is 16.8. The van der Waals surface area contributed by atoms with Gasteiger partial charge < -0.3 is 15.7 Å². The number of urea groups is 1. The number of hydrogen-bond acceptors (Lipinski definition) is 2. The van der Waals surface area contributed by atoms with Crippen molar-refractivity contribution in [2.45, 2.75) is 53.0 Å². The molecule has 4 atom stereocenters. The maximum Gasteiger partial charge on any atom is 0.315 e. The largest absolute Gasteiger partial charge is 0.481 e. The minimum atomic E-state index is -0.861. The predicted molar refractivity (Wildman–Crippen MR) is 78.5 cm³/mol. The van der Waals surface area contributed by atoms with E-state index in [1.807, 2.05) is 13.8 Å². The summed E-state index contributed by atoms with van der Waals surface area (Å²) in [6.07, 6.45) is 3.14. The monoisotopic (exact) mass is 284 g/mol. The lowest BCUT2D eigenvalue weighted by Gasteiger charge is -2.32. The minimum Gasteiger partial charge on any atom is -0.481 e. The van der Waals surface area contributed by atoms with E-state index < -0.39 is 11.9 Å². The second-order valence-electron chi connectivity index (χ2n) is 6.51. The lowest BCUT2D eigenvalue weighted by Crippen LogP contribution is -2.47. The summed E-state index contributed by atoms with van der Waals surface area (Å²) in [4.78, 5) is 22.9. The number of carbonyl (C=O) groups excluding carboxylic acids is 1. The number of aliphatic carboxylic acids is 1. The molecule has 0 saturated heterocycles. The van der Waals surface area contributed by atoms with Crippen molar-refractivity contribution in [1.82, 2.24) is 10.6 Å². The van der Waals surface area contributed by atoms with Gasteiger partial charge in [0.1, 0.15) is 0 Å². The quantitative estimate of drug-likeness (QED) is 0.725. The number of hydrogen-bond donors (Lipinski definition) is 3. The van der Waals surface area contributed by atoms with E-state index in [0.29, 0.717) is 11.8 Å². The number of nitrogens with one attached hydrogen (secondary N) is 2. The second kappa shape index (κ2) is 7.50. The van der Waals surface area contributed by atoms with Crippen LogP contribution in [-0.4, -0.2) is 29.7 Å². The third kappa shape index (κ3) is 5.02. The van der Waals surface area contributed by atoms with Crippen molar-refractivity contribution in [2.75, 3.05) is 6.54 Å². The van der Waals surface area contributed by atoms with Crippen molar-refractivity contribution >= 4 is 12.0 Å². The van der Waals surface area contributed by atoms with Crippen molar-refractivity contribution in [3.05, 3.63) is 0 Å². The van der Waals surface area contributed by atoms with Gasteiger partial charge in [-0.3, -0.25) is 4.79 Å². The maximum absolute atomic E-state index is 11.8. The van der Waals surface area contributed by atoms with E-state index in [9.17, 15) is 9.59 Å². The molecule has 1 saturated carbocycles. The van der Waals surface area contributed by atoms with Gasteiger partial charge >= 0.3 is 12.0 Å². The van der Waals surface area contributed by atoms with Gasteiger partial charge in [-0.25, -0.2) is 4.79 Å². The molecule has 0 spiro atoms. The van der Waals surface area contributed by atoms with Gasteiger partial charge in [0.2, 0.25) is 0 Å². The fraction of sp³-hybridized carbons (Fsp3) is 0.867. The number of carboxylic acids is 1. The lowest BCUT2D eigenvalue weighted by molar-refractivity contribution is -0.142. The van der Waals surface area contributed by atoms with Crippen LogP contribution in [-0.2, 0) is 4.79 Å². The molecular formula is C15H28N2O3. The summed E-state index contributed by atoms with van der Waals surface area (Å²) in [6, 6.07) is -0.0350. The summed E-state index contributed by atoms with van der Waals surface area (Å²) >= 11 is 0. The first-order valence-electron chi connectivity index (χ1n) is 7.58. The maximum atomic E-state index is 11.8. The van der Waals surface area contributed by atoms with Crippen molar-refractivity contribution in [2.24, 2.45) is 23.7 Å². The first-order valence-corrected chi connectivity index (χ1v) is 7.58. The van der Waals surface area contributed by atoms with E-state index in [2.05, 4.69) is 24.5 Å². The van der Waals surface area contributed by atoms with Crippen molar-refractivity contribution in [3.8, 4) is 0 Å². The van der Waals surface area contributed by atoms with Crippen LogP contribution < -0.4 is 10.6 Å². The molecule has 5 heteroatoms. The van der Waals surface area contributed by atoms with Crippen LogP contribution >= 0.6 is 0 Å². The molecule has 0 radical (unpaired) electrons. The van der Waals surface area contributed by atoms with Crippen LogP contribution in [0.2, 0.25) is 0 Å². The average Bonchev–Trinajstić information content (AvgIpc) is 2.33. The van der Waals surface area contributed by atoms with Crippen molar-refractivity contribution in [1.29, 1.82) is 0 Å². The normalized spacial score (nSPS) is 27.9. The molecule has 0 aliphatic heterocycles. The molecule has 1 aliphatic carbocycles. The molecule has 0 aromatic rings. The summed E-state index contributed by atoms with van der Waals surface area (Å²) in [5.74, 6) is -0.0558. The number of carbonyl (C=O) groups is 2. The van der Waals surface area contributed by atoms with Crippen LogP contribution in [0, 0.1) is 23.7 Å². The molecular weight excluding hydrogens is 256 g/mol. The highest BCUT2D eigenvalue weighted by atomic mass is 16.4. The Morgan fingerprint density at radius 3 is 2.35 bits per heavy atom. The molecule has 0 heterocycles. The predicted octanol–water partition coefficient (Wildman–Crippen LogP) is 2.47. The van der Waals surface area contributed by atoms with Crippen LogP contribution in [0.4, 0.5) is 4.79 Å². The van der Waals surface area contributed by atoms with Crippen LogP contribution in [0.3, 0.4) is 0 Å². The molecule has 1 rings (SSSR count). The highest BCUT2D eigenvalue weighted by Gasteiger charge is 2.26. The first-order chi connectivity index (χ1) is 9.31. The second-order valence-corrected chi connectivity index (χ2v) is 6.51. The van der Waals surface area contributed by atoms with E-state index in [1.54, 1.807) is 0 Å². The third-order valence-electron chi connectivity index (χ3n) is 4.54. The van der Waals surface area contributed by atoms with Gasteiger partial charge in [-0.2, -0.15) is 0 Å². The van der Waals surface area contributed by atoms with Crippen LogP contribution in [0.5, 0.6) is 0 Å². The Morgan fingerprint density at radius 1 is 1.20 bits per heavy atom. The van der Waals surface area contributed by atoms with Gasteiger partial charge in [0, 0.05) is 12.6 Å². The Kier molecular flexibility index (Phi) is 6.30. The Labute approximate surface area is 121 Å². The fourth-order valence-electron chi connectivity index (χ4n) is 2.73. The number of rotatable bonds is 5. The Balaban J connectivity index is 2.35. The van der Waals surface area contributed by atoms with Gasteiger partial charge in [0.25, 0.3) is 0 Å². The van der Waals surface area contributed by atoms with Gasteiger partial charge in [-0.1, -0.05) is 27.7 Å². The Bertz CT molecular complexity index is 344.